The van der Waals surface area contributed by atoms with E-state index in [-0.39, 0.29) is 5.91 Å². The Morgan fingerprint density at radius 2 is 1.81 bits per heavy atom. The molecule has 3 rings (SSSR count). The number of hydrogen-bond donors (Lipinski definition) is 0. The second-order valence-corrected chi connectivity index (χ2v) is 6.18. The summed E-state index contributed by atoms with van der Waals surface area (Å²) in [7, 11) is 3.55. The topological polar surface area (TPSA) is 33.2 Å². The summed E-state index contributed by atoms with van der Waals surface area (Å²) < 4.78 is 1.19. The van der Waals surface area contributed by atoms with Gasteiger partial charge in [-0.15, -0.1) is 11.3 Å². The van der Waals surface area contributed by atoms with Gasteiger partial charge in [-0.05, 0) is 17.7 Å². The smallest absolute Gasteiger partial charge is 0.226 e. The molecule has 1 aromatic heterocycles. The number of hydrogen-bond acceptors (Lipinski definition) is 3. The molecule has 0 N–H and O–H groups in total. The summed E-state index contributed by atoms with van der Waals surface area (Å²) >= 11 is 1.69. The van der Waals surface area contributed by atoms with E-state index in [2.05, 4.69) is 11.1 Å². The van der Waals surface area contributed by atoms with Crippen molar-refractivity contribution in [3.05, 3.63) is 54.1 Å². The summed E-state index contributed by atoms with van der Waals surface area (Å²) in [5, 5.41) is 1.02. The predicted octanol–water partition coefficient (Wildman–Crippen LogP) is 3.59. The average molecular weight is 296 g/mol. The molecule has 106 valence electrons. The highest BCUT2D eigenvalue weighted by atomic mass is 32.1. The van der Waals surface area contributed by atoms with Crippen molar-refractivity contribution in [3.63, 3.8) is 0 Å². The zero-order chi connectivity index (χ0) is 14.8. The van der Waals surface area contributed by atoms with Crippen molar-refractivity contribution in [3.8, 4) is 10.6 Å². The van der Waals surface area contributed by atoms with Crippen LogP contribution in [0.15, 0.2) is 48.5 Å². The number of aromatic nitrogens is 1. The molecule has 0 atom stereocenters. The van der Waals surface area contributed by atoms with Crippen LogP contribution in [0.2, 0.25) is 0 Å². The maximum Gasteiger partial charge on any atom is 0.226 e. The summed E-state index contributed by atoms with van der Waals surface area (Å²) in [4.78, 5) is 18.0. The molecular weight excluding hydrogens is 280 g/mol. The van der Waals surface area contributed by atoms with E-state index in [9.17, 15) is 4.79 Å². The molecule has 21 heavy (non-hydrogen) atoms. The van der Waals surface area contributed by atoms with Gasteiger partial charge < -0.3 is 4.90 Å². The minimum atomic E-state index is 0.114. The molecule has 2 aromatic carbocycles. The third-order valence-corrected chi connectivity index (χ3v) is 4.43. The number of carbonyl (C=O) groups is 1. The summed E-state index contributed by atoms with van der Waals surface area (Å²) in [6, 6.07) is 16.2. The van der Waals surface area contributed by atoms with Crippen LogP contribution in [0.25, 0.3) is 20.8 Å². The van der Waals surface area contributed by atoms with Crippen molar-refractivity contribution in [1.29, 1.82) is 0 Å². The van der Waals surface area contributed by atoms with Gasteiger partial charge in [0.2, 0.25) is 5.91 Å². The van der Waals surface area contributed by atoms with E-state index in [4.69, 9.17) is 0 Å². The van der Waals surface area contributed by atoms with Crippen molar-refractivity contribution >= 4 is 27.5 Å². The van der Waals surface area contributed by atoms with Gasteiger partial charge in [0.05, 0.1) is 16.6 Å². The summed E-state index contributed by atoms with van der Waals surface area (Å²) in [6.07, 6.45) is 0.438. The number of nitrogens with zero attached hydrogens (tertiary/aromatic N) is 2. The van der Waals surface area contributed by atoms with Gasteiger partial charge in [-0.25, -0.2) is 4.98 Å². The maximum absolute atomic E-state index is 11.7. The largest absolute Gasteiger partial charge is 0.349 e. The zero-order valence-electron chi connectivity index (χ0n) is 12.0. The number of benzene rings is 2. The molecule has 0 aliphatic heterocycles. The molecule has 0 fully saturated rings. The van der Waals surface area contributed by atoms with Crippen LogP contribution >= 0.6 is 11.3 Å². The molecule has 3 nitrogen and oxygen atoms in total. The van der Waals surface area contributed by atoms with Gasteiger partial charge in [-0.2, -0.15) is 0 Å². The zero-order valence-corrected chi connectivity index (χ0v) is 12.9. The molecule has 0 bridgehead atoms. The number of amides is 1. The third-order valence-electron chi connectivity index (χ3n) is 3.35. The molecule has 4 heteroatoms. The van der Waals surface area contributed by atoms with Crippen molar-refractivity contribution in [2.45, 2.75) is 6.42 Å². The quantitative estimate of drug-likeness (QED) is 0.740. The van der Waals surface area contributed by atoms with Crippen molar-refractivity contribution < 1.29 is 4.79 Å². The van der Waals surface area contributed by atoms with Crippen LogP contribution in [-0.2, 0) is 11.2 Å². The number of fused-ring (bicyclic) bond motifs is 1. The van der Waals surface area contributed by atoms with Crippen LogP contribution in [0.4, 0.5) is 0 Å². The van der Waals surface area contributed by atoms with Gasteiger partial charge in [0.1, 0.15) is 5.01 Å². The van der Waals surface area contributed by atoms with E-state index in [0.29, 0.717) is 6.42 Å². The molecule has 0 aliphatic carbocycles. The maximum atomic E-state index is 11.7. The lowest BCUT2D eigenvalue weighted by Crippen LogP contribution is -2.23. The van der Waals surface area contributed by atoms with Crippen LogP contribution in [-0.4, -0.2) is 29.9 Å². The number of likely N-dealkylation sites (N-methyl/N-ethyl adjacent to an activating group) is 1. The van der Waals surface area contributed by atoms with E-state index in [1.54, 1.807) is 30.3 Å². The highest BCUT2D eigenvalue weighted by Crippen LogP contribution is 2.30. The van der Waals surface area contributed by atoms with E-state index in [1.807, 2.05) is 42.5 Å². The fraction of sp³-hybridized carbons (Fsp3) is 0.176. The fourth-order valence-corrected chi connectivity index (χ4v) is 3.06. The average Bonchev–Trinajstić information content (AvgIpc) is 2.91. The monoisotopic (exact) mass is 296 g/mol. The van der Waals surface area contributed by atoms with Crippen molar-refractivity contribution in [2.24, 2.45) is 0 Å². The molecule has 1 heterocycles. The number of para-hydroxylation sites is 1. The standard InChI is InChI=1S/C17H16N2OS/c1-19(2)16(20)11-12-7-9-13(10-8-12)17-18-14-5-3-4-6-15(14)21-17/h3-10H,11H2,1-2H3. The molecule has 0 aliphatic rings. The molecule has 3 aromatic rings. The number of rotatable bonds is 3. The van der Waals surface area contributed by atoms with Gasteiger partial charge >= 0.3 is 0 Å². The number of thiazole rings is 1. The first kappa shape index (κ1) is 13.8. The summed E-state index contributed by atoms with van der Waals surface area (Å²) in [6.45, 7) is 0. The van der Waals surface area contributed by atoms with Gasteiger partial charge in [0.15, 0.2) is 0 Å². The molecule has 0 unspecified atom stereocenters. The van der Waals surface area contributed by atoms with Gasteiger partial charge in [0.25, 0.3) is 0 Å². The Hall–Kier alpha value is -2.20. The second-order valence-electron chi connectivity index (χ2n) is 5.15. The molecule has 0 saturated heterocycles. The summed E-state index contributed by atoms with van der Waals surface area (Å²) in [5.41, 5.74) is 3.15. The highest BCUT2D eigenvalue weighted by Gasteiger charge is 2.08. The second kappa shape index (κ2) is 5.66. The van der Waals surface area contributed by atoms with Crippen LogP contribution < -0.4 is 0 Å². The van der Waals surface area contributed by atoms with E-state index < -0.39 is 0 Å². The number of carbonyl (C=O) groups excluding carboxylic acids is 1. The normalized spacial score (nSPS) is 10.8. The lowest BCUT2D eigenvalue weighted by molar-refractivity contribution is -0.127. The Balaban J connectivity index is 1.85. The van der Waals surface area contributed by atoms with E-state index >= 15 is 0 Å². The Labute approximate surface area is 127 Å². The lowest BCUT2D eigenvalue weighted by Gasteiger charge is -2.10. The Kier molecular flexibility index (Phi) is 3.71. The Morgan fingerprint density at radius 3 is 2.48 bits per heavy atom. The predicted molar refractivity (Wildman–Crippen MR) is 87.5 cm³/mol. The first-order chi connectivity index (χ1) is 10.1. The van der Waals surface area contributed by atoms with Crippen LogP contribution in [0.5, 0.6) is 0 Å². The highest BCUT2D eigenvalue weighted by molar-refractivity contribution is 7.21. The SMILES string of the molecule is CN(C)C(=O)Cc1ccc(-c2nc3ccccc3s2)cc1. The van der Waals surface area contributed by atoms with Gasteiger partial charge in [-0.1, -0.05) is 36.4 Å². The molecule has 0 spiro atoms. The third kappa shape index (κ3) is 2.95. The first-order valence-corrected chi connectivity index (χ1v) is 7.60. The van der Waals surface area contributed by atoms with E-state index in [0.717, 1.165) is 21.7 Å². The Bertz CT molecular complexity index is 742. The van der Waals surface area contributed by atoms with Crippen LogP contribution in [0.1, 0.15) is 5.56 Å². The minimum absolute atomic E-state index is 0.114. The van der Waals surface area contributed by atoms with Crippen molar-refractivity contribution in [1.82, 2.24) is 9.88 Å². The van der Waals surface area contributed by atoms with Crippen LogP contribution in [0.3, 0.4) is 0 Å². The minimum Gasteiger partial charge on any atom is -0.349 e. The molecular formula is C17H16N2OS. The van der Waals surface area contributed by atoms with Crippen molar-refractivity contribution in [2.75, 3.05) is 14.1 Å². The first-order valence-electron chi connectivity index (χ1n) is 6.78. The molecule has 0 radical (unpaired) electrons. The summed E-state index contributed by atoms with van der Waals surface area (Å²) in [5.74, 6) is 0.114. The molecule has 0 saturated carbocycles. The lowest BCUT2D eigenvalue weighted by atomic mass is 10.1. The Morgan fingerprint density at radius 1 is 1.10 bits per heavy atom. The molecule has 1 amide bonds. The van der Waals surface area contributed by atoms with Crippen LogP contribution in [0, 0.1) is 0 Å². The van der Waals surface area contributed by atoms with Gasteiger partial charge in [0, 0.05) is 19.7 Å². The fourth-order valence-electron chi connectivity index (χ4n) is 2.09. The van der Waals surface area contributed by atoms with E-state index in [1.165, 1.54) is 4.70 Å². The van der Waals surface area contributed by atoms with Gasteiger partial charge in [-0.3, -0.25) is 4.79 Å².